The van der Waals surface area contributed by atoms with Gasteiger partial charge < -0.3 is 20.9 Å². The second-order valence-electron chi connectivity index (χ2n) is 12.1. The molecule has 0 atom stereocenters. The average Bonchev–Trinajstić information content (AvgIpc) is 3.07. The first kappa shape index (κ1) is 29.4. The molecule has 1 fully saturated rings. The van der Waals surface area contributed by atoms with Crippen molar-refractivity contribution in [3.05, 3.63) is 144 Å². The van der Waals surface area contributed by atoms with Crippen LogP contribution >= 0.6 is 0 Å². The molecule has 0 radical (unpaired) electrons. The minimum absolute atomic E-state index is 0.0875. The van der Waals surface area contributed by atoms with Crippen LogP contribution in [-0.4, -0.2) is 0 Å². The number of aryl methyl sites for hydroxylation is 1. The summed E-state index contributed by atoms with van der Waals surface area (Å²) in [5.41, 5.74) is 18.7. The van der Waals surface area contributed by atoms with Crippen molar-refractivity contribution in [1.29, 1.82) is 0 Å². The first-order chi connectivity index (χ1) is 21.5. The Labute approximate surface area is 261 Å². The van der Waals surface area contributed by atoms with Gasteiger partial charge in [-0.2, -0.15) is 0 Å². The van der Waals surface area contributed by atoms with Crippen molar-refractivity contribution in [2.45, 2.75) is 63.2 Å². The van der Waals surface area contributed by atoms with E-state index in [0.717, 1.165) is 66.5 Å². The molecule has 1 saturated carbocycles. The van der Waals surface area contributed by atoms with Gasteiger partial charge in [-0.25, -0.2) is 0 Å². The minimum Gasteiger partial charge on any atom is -0.457 e. The highest BCUT2D eigenvalue weighted by Crippen LogP contribution is 2.49. The lowest BCUT2D eigenvalue weighted by molar-refractivity contribution is 0.314. The number of unbranched alkanes of at least 4 members (excludes halogenated alkanes) is 1. The van der Waals surface area contributed by atoms with Crippen molar-refractivity contribution in [2.24, 2.45) is 0 Å². The second-order valence-corrected chi connectivity index (χ2v) is 12.1. The quantitative estimate of drug-likeness (QED) is 0.161. The molecule has 6 rings (SSSR count). The second kappa shape index (κ2) is 13.3. The van der Waals surface area contributed by atoms with E-state index in [1.165, 1.54) is 35.1 Å². The maximum absolute atomic E-state index is 6.13. The van der Waals surface area contributed by atoms with Gasteiger partial charge in [0.1, 0.15) is 23.0 Å². The summed E-state index contributed by atoms with van der Waals surface area (Å²) < 4.78 is 12.3. The maximum Gasteiger partial charge on any atom is 0.127 e. The van der Waals surface area contributed by atoms with Crippen LogP contribution in [0.4, 0.5) is 11.4 Å². The Morgan fingerprint density at radius 3 is 1.52 bits per heavy atom. The van der Waals surface area contributed by atoms with Gasteiger partial charge in [0.15, 0.2) is 0 Å². The zero-order valence-corrected chi connectivity index (χ0v) is 25.5. The molecule has 0 aliphatic heterocycles. The molecule has 44 heavy (non-hydrogen) atoms. The number of benzene rings is 5. The van der Waals surface area contributed by atoms with Gasteiger partial charge in [-0.15, -0.1) is 0 Å². The normalized spacial score (nSPS) is 14.7. The van der Waals surface area contributed by atoms with Gasteiger partial charge in [-0.3, -0.25) is 0 Å². The number of nitrogen functional groups attached to an aromatic ring is 2. The van der Waals surface area contributed by atoms with Crippen LogP contribution in [0.15, 0.2) is 121 Å². The first-order valence-electron chi connectivity index (χ1n) is 15.9. The third kappa shape index (κ3) is 6.75. The van der Waals surface area contributed by atoms with Crippen molar-refractivity contribution in [1.82, 2.24) is 0 Å². The van der Waals surface area contributed by atoms with Gasteiger partial charge >= 0.3 is 0 Å². The van der Waals surface area contributed by atoms with Gasteiger partial charge in [-0.1, -0.05) is 61.9 Å². The molecule has 224 valence electrons. The summed E-state index contributed by atoms with van der Waals surface area (Å²) in [6.07, 6.45) is 8.07. The van der Waals surface area contributed by atoms with Crippen LogP contribution in [0.1, 0.15) is 73.6 Å². The van der Waals surface area contributed by atoms with E-state index in [1.54, 1.807) is 0 Å². The number of hydrogen-bond acceptors (Lipinski definition) is 4. The zero-order valence-electron chi connectivity index (χ0n) is 25.5. The van der Waals surface area contributed by atoms with Crippen LogP contribution in [0, 0.1) is 0 Å². The molecule has 5 aromatic carbocycles. The summed E-state index contributed by atoms with van der Waals surface area (Å²) in [5.74, 6) is 3.77. The Bertz CT molecular complexity index is 1540. The molecular weight excluding hydrogens is 540 g/mol. The lowest BCUT2D eigenvalue weighted by Gasteiger charge is -2.42. The standard InChI is InChI=1S/C40H42N2O2/c1-2-3-5-29-6-4-7-31(28-29)30-24-26-40(27-25-30,32-8-16-36(17-9-32)43-38-20-12-34(41)13-21-38)33-10-18-37(19-11-33)44-39-22-14-35(42)15-23-39/h4,6-23,28,30H,2-3,5,24-27,41-42H2,1H3. The van der Waals surface area contributed by atoms with Crippen LogP contribution in [0.2, 0.25) is 0 Å². The summed E-state index contributed by atoms with van der Waals surface area (Å²) in [6, 6.07) is 41.7. The van der Waals surface area contributed by atoms with E-state index < -0.39 is 0 Å². The smallest absolute Gasteiger partial charge is 0.127 e. The Kier molecular flexibility index (Phi) is 8.88. The molecule has 5 aromatic rings. The lowest BCUT2D eigenvalue weighted by atomic mass is 9.62. The van der Waals surface area contributed by atoms with E-state index in [-0.39, 0.29) is 5.41 Å². The molecule has 0 bridgehead atoms. The van der Waals surface area contributed by atoms with Crippen molar-refractivity contribution < 1.29 is 9.47 Å². The van der Waals surface area contributed by atoms with E-state index >= 15 is 0 Å². The van der Waals surface area contributed by atoms with Crippen LogP contribution in [-0.2, 0) is 11.8 Å². The summed E-state index contributed by atoms with van der Waals surface area (Å²) >= 11 is 0. The first-order valence-corrected chi connectivity index (χ1v) is 15.9. The third-order valence-corrected chi connectivity index (χ3v) is 9.13. The summed E-state index contributed by atoms with van der Waals surface area (Å²) in [5, 5.41) is 0. The number of nitrogens with two attached hydrogens (primary N) is 2. The van der Waals surface area contributed by atoms with Crippen LogP contribution in [0.3, 0.4) is 0 Å². The highest BCUT2D eigenvalue weighted by atomic mass is 16.5. The SMILES string of the molecule is CCCCc1cccc(C2CCC(c3ccc(Oc4ccc(N)cc4)cc3)(c3ccc(Oc4ccc(N)cc4)cc3)CC2)c1. The van der Waals surface area contributed by atoms with Gasteiger partial charge in [0.05, 0.1) is 0 Å². The number of rotatable bonds is 10. The molecule has 4 N–H and O–H groups in total. The fourth-order valence-electron chi connectivity index (χ4n) is 6.60. The van der Waals surface area contributed by atoms with Gasteiger partial charge in [0.2, 0.25) is 0 Å². The molecule has 0 heterocycles. The van der Waals surface area contributed by atoms with Crippen molar-refractivity contribution >= 4 is 11.4 Å². The van der Waals surface area contributed by atoms with E-state index in [1.807, 2.05) is 48.5 Å². The van der Waals surface area contributed by atoms with Crippen LogP contribution in [0.25, 0.3) is 0 Å². The Balaban J connectivity index is 1.26. The molecule has 0 amide bonds. The number of anilines is 2. The monoisotopic (exact) mass is 582 g/mol. The third-order valence-electron chi connectivity index (χ3n) is 9.13. The molecule has 0 saturated heterocycles. The van der Waals surface area contributed by atoms with Crippen LogP contribution < -0.4 is 20.9 Å². The summed E-state index contributed by atoms with van der Waals surface area (Å²) in [6.45, 7) is 2.26. The fourth-order valence-corrected chi connectivity index (χ4v) is 6.60. The molecule has 0 aromatic heterocycles. The zero-order chi connectivity index (χ0) is 30.4. The Hall–Kier alpha value is -4.70. The predicted octanol–water partition coefficient (Wildman–Crippen LogP) is 10.4. The van der Waals surface area contributed by atoms with Crippen molar-refractivity contribution in [3.63, 3.8) is 0 Å². The lowest BCUT2D eigenvalue weighted by Crippen LogP contribution is -2.32. The molecule has 4 nitrogen and oxygen atoms in total. The summed E-state index contributed by atoms with van der Waals surface area (Å²) in [4.78, 5) is 0. The van der Waals surface area contributed by atoms with Gasteiger partial charge in [-0.05, 0) is 139 Å². The predicted molar refractivity (Wildman–Crippen MR) is 182 cm³/mol. The Morgan fingerprint density at radius 1 is 0.614 bits per heavy atom. The highest BCUT2D eigenvalue weighted by molar-refractivity contribution is 5.48. The van der Waals surface area contributed by atoms with E-state index in [4.69, 9.17) is 20.9 Å². The van der Waals surface area contributed by atoms with Crippen LogP contribution in [0.5, 0.6) is 23.0 Å². The molecule has 1 aliphatic carbocycles. The van der Waals surface area contributed by atoms with E-state index in [0.29, 0.717) is 5.92 Å². The van der Waals surface area contributed by atoms with E-state index in [9.17, 15) is 0 Å². The molecule has 1 aliphatic rings. The molecular formula is C40H42N2O2. The number of ether oxygens (including phenoxy) is 2. The largest absolute Gasteiger partial charge is 0.457 e. The molecule has 0 unspecified atom stereocenters. The maximum atomic E-state index is 6.13. The molecule has 4 heteroatoms. The molecule has 0 spiro atoms. The average molecular weight is 583 g/mol. The van der Waals surface area contributed by atoms with Gasteiger partial charge in [0, 0.05) is 16.8 Å². The van der Waals surface area contributed by atoms with E-state index in [2.05, 4.69) is 79.7 Å². The Morgan fingerprint density at radius 2 is 1.07 bits per heavy atom. The fraction of sp³-hybridized carbons (Fsp3) is 0.250. The van der Waals surface area contributed by atoms with Gasteiger partial charge in [0.25, 0.3) is 0 Å². The van der Waals surface area contributed by atoms with Crippen molar-refractivity contribution in [3.8, 4) is 23.0 Å². The number of hydrogen-bond donors (Lipinski definition) is 2. The highest BCUT2D eigenvalue weighted by Gasteiger charge is 2.39. The van der Waals surface area contributed by atoms with Crippen molar-refractivity contribution in [2.75, 3.05) is 11.5 Å². The topological polar surface area (TPSA) is 70.5 Å². The summed E-state index contributed by atoms with van der Waals surface area (Å²) in [7, 11) is 0. The minimum atomic E-state index is -0.0875.